The molecule has 90 valence electrons. The molecule has 0 aromatic carbocycles. The Kier molecular flexibility index (Phi) is 3.79. The van der Waals surface area contributed by atoms with Gasteiger partial charge >= 0.3 is 0 Å². The maximum Gasteiger partial charge on any atom is 0.223 e. The number of pyridine rings is 1. The molecule has 2 rings (SSSR count). The molecule has 2 heterocycles. The minimum absolute atomic E-state index is 0.0540. The highest BCUT2D eigenvalue weighted by Gasteiger charge is 2.18. The van der Waals surface area contributed by atoms with E-state index in [-0.39, 0.29) is 12.6 Å². The fourth-order valence-electron chi connectivity index (χ4n) is 1.56. The lowest BCUT2D eigenvalue weighted by molar-refractivity contribution is 0.286. The van der Waals surface area contributed by atoms with Gasteiger partial charge in [-0.05, 0) is 17.7 Å². The van der Waals surface area contributed by atoms with Crippen molar-refractivity contribution in [1.29, 1.82) is 0 Å². The van der Waals surface area contributed by atoms with Gasteiger partial charge < -0.3 is 14.9 Å². The van der Waals surface area contributed by atoms with Crippen LogP contribution in [0.15, 0.2) is 29.0 Å². The average Bonchev–Trinajstić information content (AvgIpc) is 2.78. The number of aryl methyl sites for hydroxylation is 1. The molecule has 0 amide bonds. The molecule has 6 nitrogen and oxygen atoms in total. The molecule has 0 bridgehead atoms. The summed E-state index contributed by atoms with van der Waals surface area (Å²) in [5.74, 6) is 1.08. The van der Waals surface area contributed by atoms with Crippen molar-refractivity contribution in [2.24, 2.45) is 0 Å². The normalized spacial score (nSPS) is 12.6. The molecular weight excluding hydrogens is 220 g/mol. The molecule has 0 aliphatic heterocycles. The van der Waals surface area contributed by atoms with Crippen LogP contribution in [0.2, 0.25) is 0 Å². The Balaban J connectivity index is 2.25. The van der Waals surface area contributed by atoms with Gasteiger partial charge in [-0.15, -0.1) is 0 Å². The van der Waals surface area contributed by atoms with E-state index in [9.17, 15) is 0 Å². The number of rotatable bonds is 5. The molecule has 0 aliphatic rings. The van der Waals surface area contributed by atoms with Gasteiger partial charge in [-0.3, -0.25) is 4.98 Å². The van der Waals surface area contributed by atoms with Gasteiger partial charge in [-0.1, -0.05) is 5.16 Å². The van der Waals surface area contributed by atoms with Crippen molar-refractivity contribution in [3.63, 3.8) is 0 Å². The summed E-state index contributed by atoms with van der Waals surface area (Å²) in [6.45, 7) is 2.26. The van der Waals surface area contributed by atoms with Crippen molar-refractivity contribution in [2.45, 2.75) is 13.0 Å². The minimum atomic E-state index is -0.192. The van der Waals surface area contributed by atoms with Crippen LogP contribution in [-0.4, -0.2) is 33.4 Å². The Hall–Kier alpha value is -1.79. The molecule has 0 unspecified atom stereocenters. The maximum absolute atomic E-state index is 8.88. The van der Waals surface area contributed by atoms with Gasteiger partial charge in [-0.25, -0.2) is 0 Å². The Morgan fingerprint density at radius 3 is 2.76 bits per heavy atom. The summed E-state index contributed by atoms with van der Waals surface area (Å²) < 4.78 is 4.97. The number of aliphatic hydroxyl groups excluding tert-OH is 1. The third-order valence-electron chi connectivity index (χ3n) is 2.30. The number of aromatic nitrogens is 3. The Morgan fingerprint density at radius 1 is 1.41 bits per heavy atom. The first-order chi connectivity index (χ1) is 8.31. The summed E-state index contributed by atoms with van der Waals surface area (Å²) in [4.78, 5) is 8.16. The van der Waals surface area contributed by atoms with Gasteiger partial charge in [-0.2, -0.15) is 4.98 Å². The standard InChI is InChI=1S/C11H14N4O2/c1-8-14-11(15-17-8)10(13-6-7-16)9-2-4-12-5-3-9/h2-5,10,13,16H,6-7H2,1H3/t10-/m1/s1. The van der Waals surface area contributed by atoms with Crippen LogP contribution in [0.4, 0.5) is 0 Å². The summed E-state index contributed by atoms with van der Waals surface area (Å²) in [6, 6.07) is 3.56. The van der Waals surface area contributed by atoms with Crippen LogP contribution in [0.25, 0.3) is 0 Å². The van der Waals surface area contributed by atoms with Crippen LogP contribution in [0.5, 0.6) is 0 Å². The lowest BCUT2D eigenvalue weighted by Gasteiger charge is -2.14. The second kappa shape index (κ2) is 5.51. The van der Waals surface area contributed by atoms with Crippen molar-refractivity contribution >= 4 is 0 Å². The van der Waals surface area contributed by atoms with E-state index in [1.165, 1.54) is 0 Å². The highest BCUT2D eigenvalue weighted by molar-refractivity contribution is 5.21. The molecule has 0 fully saturated rings. The van der Waals surface area contributed by atoms with Crippen LogP contribution >= 0.6 is 0 Å². The van der Waals surface area contributed by atoms with Crippen molar-refractivity contribution in [3.8, 4) is 0 Å². The molecular formula is C11H14N4O2. The van der Waals surface area contributed by atoms with Crippen molar-refractivity contribution in [2.75, 3.05) is 13.2 Å². The molecule has 2 N–H and O–H groups in total. The van der Waals surface area contributed by atoms with Crippen LogP contribution in [-0.2, 0) is 0 Å². The number of aliphatic hydroxyl groups is 1. The second-order valence-electron chi connectivity index (χ2n) is 3.56. The van der Waals surface area contributed by atoms with Gasteiger partial charge in [0, 0.05) is 25.9 Å². The van der Waals surface area contributed by atoms with Crippen molar-refractivity contribution < 1.29 is 9.63 Å². The lowest BCUT2D eigenvalue weighted by Crippen LogP contribution is -2.26. The number of hydrogen-bond acceptors (Lipinski definition) is 6. The van der Waals surface area contributed by atoms with Crippen LogP contribution in [0, 0.1) is 6.92 Å². The summed E-state index contributed by atoms with van der Waals surface area (Å²) in [7, 11) is 0. The highest BCUT2D eigenvalue weighted by Crippen LogP contribution is 2.18. The summed E-state index contributed by atoms with van der Waals surface area (Å²) in [5, 5.41) is 15.9. The highest BCUT2D eigenvalue weighted by atomic mass is 16.5. The summed E-state index contributed by atoms with van der Waals surface area (Å²) in [6.07, 6.45) is 3.41. The molecule has 17 heavy (non-hydrogen) atoms. The quantitative estimate of drug-likeness (QED) is 0.781. The first-order valence-corrected chi connectivity index (χ1v) is 5.35. The zero-order valence-electron chi connectivity index (χ0n) is 9.50. The molecule has 0 saturated carbocycles. The molecule has 2 aromatic rings. The van der Waals surface area contributed by atoms with E-state index in [4.69, 9.17) is 9.63 Å². The van der Waals surface area contributed by atoms with Gasteiger partial charge in [0.25, 0.3) is 0 Å². The zero-order chi connectivity index (χ0) is 12.1. The molecule has 0 radical (unpaired) electrons. The predicted molar refractivity (Wildman–Crippen MR) is 60.2 cm³/mol. The van der Waals surface area contributed by atoms with E-state index >= 15 is 0 Å². The maximum atomic E-state index is 8.88. The smallest absolute Gasteiger partial charge is 0.223 e. The topological polar surface area (TPSA) is 84.1 Å². The largest absolute Gasteiger partial charge is 0.395 e. The van der Waals surface area contributed by atoms with E-state index in [0.29, 0.717) is 18.3 Å². The molecule has 0 spiro atoms. The molecule has 0 saturated heterocycles. The summed E-state index contributed by atoms with van der Waals surface area (Å²) >= 11 is 0. The van der Waals surface area contributed by atoms with E-state index in [1.54, 1.807) is 19.3 Å². The lowest BCUT2D eigenvalue weighted by atomic mass is 10.1. The zero-order valence-corrected chi connectivity index (χ0v) is 9.50. The second-order valence-corrected chi connectivity index (χ2v) is 3.56. The van der Waals surface area contributed by atoms with Crippen molar-refractivity contribution in [1.82, 2.24) is 20.4 Å². The SMILES string of the molecule is Cc1nc([C@H](NCCO)c2ccncc2)no1. The third kappa shape index (κ3) is 2.86. The monoisotopic (exact) mass is 234 g/mol. The van der Waals surface area contributed by atoms with Crippen LogP contribution in [0.1, 0.15) is 23.3 Å². The Morgan fingerprint density at radius 2 is 2.18 bits per heavy atom. The third-order valence-corrected chi connectivity index (χ3v) is 2.30. The van der Waals surface area contributed by atoms with Crippen LogP contribution in [0.3, 0.4) is 0 Å². The van der Waals surface area contributed by atoms with E-state index in [2.05, 4.69) is 20.4 Å². The van der Waals surface area contributed by atoms with E-state index in [1.807, 2.05) is 12.1 Å². The molecule has 2 aromatic heterocycles. The van der Waals surface area contributed by atoms with Gasteiger partial charge in [0.05, 0.1) is 12.6 Å². The van der Waals surface area contributed by atoms with Gasteiger partial charge in [0.1, 0.15) is 0 Å². The first-order valence-electron chi connectivity index (χ1n) is 5.35. The minimum Gasteiger partial charge on any atom is -0.395 e. The predicted octanol–water partition coefficient (Wildman–Crippen LogP) is 0.444. The number of nitrogens with one attached hydrogen (secondary N) is 1. The fraction of sp³-hybridized carbons (Fsp3) is 0.364. The molecule has 6 heteroatoms. The number of hydrogen-bond donors (Lipinski definition) is 2. The van der Waals surface area contributed by atoms with Crippen LogP contribution < -0.4 is 5.32 Å². The first kappa shape index (κ1) is 11.7. The average molecular weight is 234 g/mol. The van der Waals surface area contributed by atoms with Gasteiger partial charge in [0.15, 0.2) is 5.82 Å². The van der Waals surface area contributed by atoms with E-state index < -0.39 is 0 Å². The fourth-order valence-corrected chi connectivity index (χ4v) is 1.56. The molecule has 1 atom stereocenters. The number of nitrogens with zero attached hydrogens (tertiary/aromatic N) is 3. The van der Waals surface area contributed by atoms with Crippen molar-refractivity contribution in [3.05, 3.63) is 41.8 Å². The van der Waals surface area contributed by atoms with Gasteiger partial charge in [0.2, 0.25) is 5.89 Å². The Bertz CT molecular complexity index is 458. The molecule has 0 aliphatic carbocycles. The summed E-state index contributed by atoms with van der Waals surface area (Å²) in [5.41, 5.74) is 0.981. The van der Waals surface area contributed by atoms with E-state index in [0.717, 1.165) is 5.56 Å². The Labute approximate surface area is 98.7 Å².